The molecule has 0 aromatic heterocycles. The Morgan fingerprint density at radius 2 is 1.47 bits per heavy atom. The molecule has 5 N–H and O–H groups in total. The summed E-state index contributed by atoms with van der Waals surface area (Å²) in [6.07, 6.45) is 3.61. The minimum absolute atomic E-state index is 0.0220. The molecule has 1 heterocycles. The van der Waals surface area contributed by atoms with Crippen LogP contribution in [0.1, 0.15) is 112 Å². The van der Waals surface area contributed by atoms with E-state index in [4.69, 9.17) is 4.74 Å². The Kier molecular flexibility index (Phi) is 6.67. The summed E-state index contributed by atoms with van der Waals surface area (Å²) in [7, 11) is 0. The van der Waals surface area contributed by atoms with Gasteiger partial charge in [0.1, 0.15) is 23.9 Å². The van der Waals surface area contributed by atoms with E-state index in [0.29, 0.717) is 24.2 Å². The van der Waals surface area contributed by atoms with Crippen molar-refractivity contribution in [3.63, 3.8) is 0 Å². The highest BCUT2D eigenvalue weighted by molar-refractivity contribution is 5.76. The number of aliphatic hydroxyl groups excluding tert-OH is 3. The number of ether oxygens (including phenoxy) is 1. The van der Waals surface area contributed by atoms with Crippen LogP contribution in [0.25, 0.3) is 0 Å². The Morgan fingerprint density at radius 1 is 0.778 bits per heavy atom. The molecular formula is C37H56O8. The third-order valence-corrected chi connectivity index (χ3v) is 17.2. The van der Waals surface area contributed by atoms with Crippen molar-refractivity contribution in [3.05, 3.63) is 12.2 Å². The van der Waals surface area contributed by atoms with Gasteiger partial charge in [-0.05, 0) is 129 Å². The first-order valence-corrected chi connectivity index (χ1v) is 17.6. The van der Waals surface area contributed by atoms with Crippen LogP contribution in [0.4, 0.5) is 0 Å². The SMILES string of the molecule is C=C(C)[C@@H]1CC[C@]2(C(=O)O)CC[C@]3(C)C(CCC4[C@@]5(C)CCC6(C[C@]67OC(C(=O)O)[C@@H](O)C(O)C7O)C(C)(C)C5CC[C@]43C)C12. The number of hydrogen-bond acceptors (Lipinski definition) is 6. The average Bonchev–Trinajstić information content (AvgIpc) is 3.44. The number of hydrogen-bond donors (Lipinski definition) is 5. The second-order valence-corrected chi connectivity index (χ2v) is 18.3. The predicted octanol–water partition coefficient (Wildman–Crippen LogP) is 5.42. The van der Waals surface area contributed by atoms with Crippen molar-refractivity contribution in [1.29, 1.82) is 0 Å². The Bertz CT molecular complexity index is 1330. The van der Waals surface area contributed by atoms with Crippen LogP contribution < -0.4 is 0 Å². The fourth-order valence-electron chi connectivity index (χ4n) is 14.8. The predicted molar refractivity (Wildman–Crippen MR) is 167 cm³/mol. The van der Waals surface area contributed by atoms with Crippen LogP contribution in [0.5, 0.6) is 0 Å². The van der Waals surface area contributed by atoms with Crippen LogP contribution in [-0.2, 0) is 14.3 Å². The monoisotopic (exact) mass is 628 g/mol. The number of aliphatic hydroxyl groups is 3. The van der Waals surface area contributed by atoms with Gasteiger partial charge in [-0.15, -0.1) is 0 Å². The Labute approximate surface area is 268 Å². The van der Waals surface area contributed by atoms with Crippen molar-refractivity contribution in [2.45, 2.75) is 142 Å². The van der Waals surface area contributed by atoms with Crippen molar-refractivity contribution in [2.75, 3.05) is 0 Å². The number of carboxylic acids is 2. The summed E-state index contributed by atoms with van der Waals surface area (Å²) in [6, 6.07) is 0. The van der Waals surface area contributed by atoms with E-state index in [-0.39, 0.29) is 33.5 Å². The second-order valence-electron chi connectivity index (χ2n) is 18.3. The molecule has 8 heteroatoms. The molecule has 7 aliphatic rings. The first kappa shape index (κ1) is 32.1. The quantitative estimate of drug-likeness (QED) is 0.261. The maximum absolute atomic E-state index is 13.0. The fourth-order valence-corrected chi connectivity index (χ4v) is 14.8. The fraction of sp³-hybridized carbons (Fsp3) is 0.892. The van der Waals surface area contributed by atoms with Gasteiger partial charge in [0.2, 0.25) is 0 Å². The molecule has 1 aliphatic heterocycles. The van der Waals surface area contributed by atoms with E-state index in [1.165, 1.54) is 0 Å². The van der Waals surface area contributed by atoms with Crippen LogP contribution >= 0.6 is 0 Å². The van der Waals surface area contributed by atoms with Gasteiger partial charge in [-0.2, -0.15) is 0 Å². The molecule has 7 rings (SSSR count). The van der Waals surface area contributed by atoms with Crippen LogP contribution in [-0.4, -0.2) is 67.5 Å². The van der Waals surface area contributed by atoms with Gasteiger partial charge in [-0.1, -0.05) is 46.8 Å². The number of aliphatic carboxylic acids is 2. The van der Waals surface area contributed by atoms with Crippen molar-refractivity contribution in [2.24, 2.45) is 62.1 Å². The normalized spacial score (nSPS) is 57.8. The van der Waals surface area contributed by atoms with E-state index in [2.05, 4.69) is 48.1 Å². The van der Waals surface area contributed by atoms with Gasteiger partial charge < -0.3 is 30.3 Å². The standard InChI is InChI=1S/C37H56O8/c1-19(2)20-10-13-35(30(43)44)16-15-33(6)21(24(20)35)8-9-23-32(5)14-17-36(31(3,4)22(32)11-12-34(23,33)7)18-37(36)28(40)26(39)25(38)27(45-37)29(41)42/h20-28,38-40H,1,8-18H2,2-7H3,(H,41,42)(H,43,44)/t20-,21?,22?,23?,24?,25-,26?,27?,28?,32-,33+,34+,35-,36?,37+/m0/s1. The summed E-state index contributed by atoms with van der Waals surface area (Å²) in [4.78, 5) is 25.0. The maximum atomic E-state index is 13.0. The Morgan fingerprint density at radius 3 is 2.09 bits per heavy atom. The molecular weight excluding hydrogens is 572 g/mol. The summed E-state index contributed by atoms with van der Waals surface area (Å²) in [5.41, 5.74) is -1.35. The summed E-state index contributed by atoms with van der Waals surface area (Å²) in [6.45, 7) is 18.5. The van der Waals surface area contributed by atoms with Gasteiger partial charge in [0.15, 0.2) is 6.10 Å². The molecule has 0 radical (unpaired) electrons. The van der Waals surface area contributed by atoms with E-state index in [9.17, 15) is 35.1 Å². The Hall–Kier alpha value is -1.48. The minimum Gasteiger partial charge on any atom is -0.481 e. The first-order valence-electron chi connectivity index (χ1n) is 17.6. The highest BCUT2D eigenvalue weighted by atomic mass is 16.6. The van der Waals surface area contributed by atoms with Gasteiger partial charge in [0.05, 0.1) is 5.41 Å². The molecule has 6 saturated carbocycles. The highest BCUT2D eigenvalue weighted by Gasteiger charge is 2.84. The largest absolute Gasteiger partial charge is 0.481 e. The minimum atomic E-state index is -1.68. The summed E-state index contributed by atoms with van der Waals surface area (Å²) >= 11 is 0. The zero-order chi connectivity index (χ0) is 32.9. The zero-order valence-electron chi connectivity index (χ0n) is 28.1. The van der Waals surface area contributed by atoms with E-state index >= 15 is 0 Å². The third kappa shape index (κ3) is 3.49. The van der Waals surface area contributed by atoms with E-state index < -0.39 is 52.8 Å². The molecule has 0 amide bonds. The number of allylic oxidation sites excluding steroid dienone is 1. The second kappa shape index (κ2) is 9.35. The molecule has 1 saturated heterocycles. The lowest BCUT2D eigenvalue weighted by atomic mass is 9.31. The summed E-state index contributed by atoms with van der Waals surface area (Å²) < 4.78 is 6.18. The van der Waals surface area contributed by atoms with Gasteiger partial charge in [0, 0.05) is 5.41 Å². The number of fused-ring (bicyclic) bond motifs is 8. The molecule has 0 bridgehead atoms. The van der Waals surface area contributed by atoms with E-state index in [0.717, 1.165) is 69.8 Å². The van der Waals surface area contributed by atoms with Crippen molar-refractivity contribution < 1.29 is 39.9 Å². The first-order chi connectivity index (χ1) is 20.8. The van der Waals surface area contributed by atoms with Gasteiger partial charge in [-0.25, -0.2) is 4.79 Å². The Balaban J connectivity index is 1.23. The van der Waals surface area contributed by atoms with Crippen LogP contribution in [0.3, 0.4) is 0 Å². The number of carboxylic acid groups (broad SMARTS) is 2. The lowest BCUT2D eigenvalue weighted by molar-refractivity contribution is -0.275. The molecule has 6 aliphatic carbocycles. The van der Waals surface area contributed by atoms with E-state index in [1.54, 1.807) is 0 Å². The maximum Gasteiger partial charge on any atom is 0.335 e. The highest BCUT2D eigenvalue weighted by Crippen LogP contribution is 2.84. The summed E-state index contributed by atoms with van der Waals surface area (Å²) in [5, 5.41) is 53.1. The molecule has 15 atom stereocenters. The molecule has 0 aromatic rings. The van der Waals surface area contributed by atoms with Crippen LogP contribution in [0.15, 0.2) is 12.2 Å². The van der Waals surface area contributed by atoms with Crippen LogP contribution in [0, 0.1) is 62.1 Å². The smallest absolute Gasteiger partial charge is 0.335 e. The summed E-state index contributed by atoms with van der Waals surface area (Å²) in [5.74, 6) is -0.375. The van der Waals surface area contributed by atoms with Gasteiger partial charge in [0.25, 0.3) is 0 Å². The number of carbonyl (C=O) groups is 2. The molecule has 252 valence electrons. The lowest BCUT2D eigenvalue weighted by Gasteiger charge is -2.73. The average molecular weight is 629 g/mol. The molecule has 0 aromatic carbocycles. The van der Waals surface area contributed by atoms with Crippen molar-refractivity contribution in [3.8, 4) is 0 Å². The van der Waals surface area contributed by atoms with Gasteiger partial charge >= 0.3 is 11.9 Å². The number of rotatable bonds is 3. The van der Waals surface area contributed by atoms with Gasteiger partial charge in [-0.3, -0.25) is 4.79 Å². The molecule has 8 unspecified atom stereocenters. The molecule has 2 spiro atoms. The topological polar surface area (TPSA) is 145 Å². The van der Waals surface area contributed by atoms with E-state index in [1.807, 2.05) is 0 Å². The van der Waals surface area contributed by atoms with Crippen molar-refractivity contribution in [1.82, 2.24) is 0 Å². The van der Waals surface area contributed by atoms with Crippen molar-refractivity contribution >= 4 is 11.9 Å². The lowest BCUT2D eigenvalue weighted by Crippen LogP contribution is -2.68. The third-order valence-electron chi connectivity index (χ3n) is 17.2. The van der Waals surface area contributed by atoms with Crippen LogP contribution in [0.2, 0.25) is 0 Å². The zero-order valence-corrected chi connectivity index (χ0v) is 28.1. The molecule has 45 heavy (non-hydrogen) atoms. The molecule has 8 nitrogen and oxygen atoms in total. The molecule has 7 fully saturated rings.